The third kappa shape index (κ3) is 4.14. The topological polar surface area (TPSA) is 55.4 Å². The predicted octanol–water partition coefficient (Wildman–Crippen LogP) is 5.72. The molecule has 0 radical (unpaired) electrons. The van der Waals surface area contributed by atoms with E-state index in [9.17, 15) is 9.59 Å². The molecule has 1 amide bonds. The summed E-state index contributed by atoms with van der Waals surface area (Å²) in [7, 11) is 0. The number of fused-ring (bicyclic) bond motifs is 1. The first-order valence-corrected chi connectivity index (χ1v) is 10.9. The number of carbonyl (C=O) groups is 2. The summed E-state index contributed by atoms with van der Waals surface area (Å²) in [6.45, 7) is 9.00. The Hall–Kier alpha value is -2.14. The molecule has 150 valence electrons. The zero-order chi connectivity index (χ0) is 20.3. The van der Waals surface area contributed by atoms with Gasteiger partial charge < -0.3 is 10.1 Å². The van der Waals surface area contributed by atoms with Gasteiger partial charge in [0.25, 0.3) is 5.91 Å². The Bertz CT molecular complexity index is 854. The van der Waals surface area contributed by atoms with E-state index in [1.54, 1.807) is 19.1 Å². The summed E-state index contributed by atoms with van der Waals surface area (Å²) < 4.78 is 5.31. The van der Waals surface area contributed by atoms with E-state index < -0.39 is 0 Å². The van der Waals surface area contributed by atoms with Gasteiger partial charge in [0.2, 0.25) is 0 Å². The van der Waals surface area contributed by atoms with E-state index >= 15 is 0 Å². The molecule has 0 spiro atoms. The monoisotopic (exact) mass is 399 g/mol. The van der Waals surface area contributed by atoms with Crippen LogP contribution in [0.1, 0.15) is 71.7 Å². The molecule has 5 heteroatoms. The summed E-state index contributed by atoms with van der Waals surface area (Å²) in [5.41, 5.74) is 2.46. The average Bonchev–Trinajstić information content (AvgIpc) is 3.05. The first-order valence-electron chi connectivity index (χ1n) is 10.1. The van der Waals surface area contributed by atoms with Crippen LogP contribution >= 0.6 is 11.3 Å². The number of amides is 1. The van der Waals surface area contributed by atoms with Crippen molar-refractivity contribution >= 4 is 28.2 Å². The highest BCUT2D eigenvalue weighted by Gasteiger charge is 2.35. The molecule has 0 aliphatic heterocycles. The number of esters is 1. The first kappa shape index (κ1) is 20.6. The second-order valence-corrected chi connectivity index (χ2v) is 9.14. The van der Waals surface area contributed by atoms with Crippen molar-refractivity contribution in [3.05, 3.63) is 51.9 Å². The second-order valence-electron chi connectivity index (χ2n) is 8.03. The average molecular weight is 400 g/mol. The Morgan fingerprint density at radius 2 is 1.93 bits per heavy atom. The minimum Gasteiger partial charge on any atom is -0.462 e. The Labute approximate surface area is 171 Å². The Morgan fingerprint density at radius 3 is 2.57 bits per heavy atom. The van der Waals surface area contributed by atoms with Gasteiger partial charge in [0.15, 0.2) is 0 Å². The van der Waals surface area contributed by atoms with Gasteiger partial charge in [-0.3, -0.25) is 4.79 Å². The fraction of sp³-hybridized carbons (Fsp3) is 0.478. The van der Waals surface area contributed by atoms with Gasteiger partial charge in [-0.15, -0.1) is 11.3 Å². The maximum absolute atomic E-state index is 12.7. The number of anilines is 1. The second kappa shape index (κ2) is 8.48. The summed E-state index contributed by atoms with van der Waals surface area (Å²) in [5.74, 6) is 0.0446. The molecule has 1 aromatic heterocycles. The molecule has 1 aliphatic carbocycles. The predicted molar refractivity (Wildman–Crippen MR) is 114 cm³/mol. The molecular weight excluding hydrogens is 370 g/mol. The molecule has 1 aromatic carbocycles. The minimum absolute atomic E-state index is 0.199. The van der Waals surface area contributed by atoms with Crippen LogP contribution in [0.3, 0.4) is 0 Å². The number of ether oxygens (including phenoxy) is 1. The van der Waals surface area contributed by atoms with E-state index in [1.165, 1.54) is 16.2 Å². The van der Waals surface area contributed by atoms with Crippen molar-refractivity contribution in [1.82, 2.24) is 0 Å². The van der Waals surface area contributed by atoms with E-state index in [2.05, 4.69) is 26.1 Å². The van der Waals surface area contributed by atoms with Crippen molar-refractivity contribution in [1.29, 1.82) is 0 Å². The fourth-order valence-corrected chi connectivity index (χ4v) is 5.12. The summed E-state index contributed by atoms with van der Waals surface area (Å²) in [6, 6.07) is 9.08. The molecule has 1 atom stereocenters. The summed E-state index contributed by atoms with van der Waals surface area (Å²) >= 11 is 1.54. The zero-order valence-electron chi connectivity index (χ0n) is 17.1. The molecule has 0 bridgehead atoms. The molecule has 2 aromatic rings. The Balaban J connectivity index is 1.94. The van der Waals surface area contributed by atoms with Crippen molar-refractivity contribution in [3.8, 4) is 0 Å². The van der Waals surface area contributed by atoms with Crippen LogP contribution in [0.15, 0.2) is 30.3 Å². The molecule has 28 heavy (non-hydrogen) atoms. The number of hydrogen-bond acceptors (Lipinski definition) is 4. The molecule has 1 N–H and O–H groups in total. The van der Waals surface area contributed by atoms with Crippen molar-refractivity contribution in [2.24, 2.45) is 11.3 Å². The van der Waals surface area contributed by atoms with Gasteiger partial charge in [-0.25, -0.2) is 4.79 Å². The van der Waals surface area contributed by atoms with Crippen molar-refractivity contribution < 1.29 is 14.3 Å². The number of rotatable bonds is 6. The highest BCUT2D eigenvalue weighted by Crippen LogP contribution is 2.45. The van der Waals surface area contributed by atoms with Crippen LogP contribution in [0.2, 0.25) is 0 Å². The van der Waals surface area contributed by atoms with Gasteiger partial charge in [-0.1, -0.05) is 45.4 Å². The molecule has 0 unspecified atom stereocenters. The summed E-state index contributed by atoms with van der Waals surface area (Å²) in [4.78, 5) is 26.6. The standard InChI is InChI=1S/C23H29NO3S/c1-5-23(3,4)16-12-13-17-18(14-16)28-21(19(17)22(26)27-6-2)24-20(25)15-10-8-7-9-11-15/h7-11,16H,5-6,12-14H2,1-4H3,(H,24,25)/t16-/m1/s1. The van der Waals surface area contributed by atoms with Gasteiger partial charge in [0.1, 0.15) is 5.00 Å². The zero-order valence-corrected chi connectivity index (χ0v) is 17.9. The highest BCUT2D eigenvalue weighted by molar-refractivity contribution is 7.17. The number of nitrogens with one attached hydrogen (secondary N) is 1. The molecule has 1 aliphatic rings. The number of benzene rings is 1. The van der Waals surface area contributed by atoms with Crippen molar-refractivity contribution in [2.75, 3.05) is 11.9 Å². The summed E-state index contributed by atoms with van der Waals surface area (Å²) in [5, 5.41) is 3.59. The van der Waals surface area contributed by atoms with Crippen LogP contribution in [0.4, 0.5) is 5.00 Å². The lowest BCUT2D eigenvalue weighted by Crippen LogP contribution is -2.28. The number of hydrogen-bond donors (Lipinski definition) is 1. The van der Waals surface area contributed by atoms with E-state index in [-0.39, 0.29) is 17.3 Å². The molecule has 0 saturated heterocycles. The van der Waals surface area contributed by atoms with Crippen molar-refractivity contribution in [3.63, 3.8) is 0 Å². The van der Waals surface area contributed by atoms with E-state index in [1.807, 2.05) is 18.2 Å². The normalized spacial score (nSPS) is 16.4. The lowest BCUT2D eigenvalue weighted by molar-refractivity contribution is 0.0526. The van der Waals surface area contributed by atoms with Crippen LogP contribution in [0.25, 0.3) is 0 Å². The molecule has 0 fully saturated rings. The van der Waals surface area contributed by atoms with E-state index in [4.69, 9.17) is 4.74 Å². The van der Waals surface area contributed by atoms with Crippen molar-refractivity contribution in [2.45, 2.75) is 53.4 Å². The third-order valence-corrected chi connectivity index (χ3v) is 7.19. The van der Waals surface area contributed by atoms with Gasteiger partial charge >= 0.3 is 5.97 Å². The largest absolute Gasteiger partial charge is 0.462 e. The lowest BCUT2D eigenvalue weighted by atomic mass is 9.69. The number of thiophene rings is 1. The number of carbonyl (C=O) groups excluding carboxylic acids is 2. The maximum atomic E-state index is 12.7. The smallest absolute Gasteiger partial charge is 0.341 e. The van der Waals surface area contributed by atoms with Gasteiger partial charge in [0.05, 0.1) is 12.2 Å². The third-order valence-electron chi connectivity index (χ3n) is 6.02. The quantitative estimate of drug-likeness (QED) is 0.632. The SMILES string of the molecule is CCOC(=O)c1c(NC(=O)c2ccccc2)sc2c1CC[C@@H](C(C)(C)CC)C2. The van der Waals surface area contributed by atoms with Crippen LogP contribution in [-0.2, 0) is 17.6 Å². The van der Waals surface area contributed by atoms with E-state index in [0.717, 1.165) is 31.2 Å². The maximum Gasteiger partial charge on any atom is 0.341 e. The molecule has 1 heterocycles. The van der Waals surface area contributed by atoms with Crippen LogP contribution < -0.4 is 5.32 Å². The Morgan fingerprint density at radius 1 is 1.21 bits per heavy atom. The van der Waals surface area contributed by atoms with Gasteiger partial charge in [0, 0.05) is 10.4 Å². The lowest BCUT2D eigenvalue weighted by Gasteiger charge is -2.36. The molecule has 0 saturated carbocycles. The fourth-order valence-electron chi connectivity index (χ4n) is 3.81. The highest BCUT2D eigenvalue weighted by atomic mass is 32.1. The Kier molecular flexibility index (Phi) is 6.23. The molecular formula is C23H29NO3S. The van der Waals surface area contributed by atoms with Gasteiger partial charge in [-0.05, 0) is 55.2 Å². The summed E-state index contributed by atoms with van der Waals surface area (Å²) in [6.07, 6.45) is 3.99. The van der Waals surface area contributed by atoms with Crippen LogP contribution in [0, 0.1) is 11.3 Å². The molecule has 4 nitrogen and oxygen atoms in total. The first-order chi connectivity index (χ1) is 13.4. The molecule has 3 rings (SSSR count). The minimum atomic E-state index is -0.337. The van der Waals surface area contributed by atoms with Gasteiger partial charge in [-0.2, -0.15) is 0 Å². The van der Waals surface area contributed by atoms with E-state index in [0.29, 0.717) is 28.7 Å². The van der Waals surface area contributed by atoms with Crippen LogP contribution in [0.5, 0.6) is 0 Å². The van der Waals surface area contributed by atoms with Crippen LogP contribution in [-0.4, -0.2) is 18.5 Å².